The quantitative estimate of drug-likeness (QED) is 0.936. The maximum absolute atomic E-state index is 5.28. The number of hydrogen-bond acceptors (Lipinski definition) is 4. The molecule has 1 aromatic heterocycles. The van der Waals surface area contributed by atoms with Crippen molar-refractivity contribution in [3.8, 4) is 5.75 Å². The van der Waals surface area contributed by atoms with Gasteiger partial charge in [0.15, 0.2) is 5.82 Å². The van der Waals surface area contributed by atoms with E-state index in [1.165, 1.54) is 5.56 Å². The number of fused-ring (bicyclic) bond motifs is 1. The SMILES string of the molecule is COc1cccc(Cc2nnc3n2CCNC3C(C)C)c1. The van der Waals surface area contributed by atoms with Gasteiger partial charge in [-0.05, 0) is 23.6 Å². The molecule has 0 saturated carbocycles. The van der Waals surface area contributed by atoms with Crippen molar-refractivity contribution in [1.29, 1.82) is 0 Å². The molecule has 2 heterocycles. The van der Waals surface area contributed by atoms with E-state index < -0.39 is 0 Å². The van der Waals surface area contributed by atoms with E-state index in [0.717, 1.165) is 36.9 Å². The Bertz CT molecular complexity index is 620. The predicted molar refractivity (Wildman–Crippen MR) is 81.4 cm³/mol. The third kappa shape index (κ3) is 2.78. The van der Waals surface area contributed by atoms with Crippen molar-refractivity contribution in [2.24, 2.45) is 5.92 Å². The number of methoxy groups -OCH3 is 1. The molecule has 3 rings (SSSR count). The van der Waals surface area contributed by atoms with Gasteiger partial charge in [0.25, 0.3) is 0 Å². The van der Waals surface area contributed by atoms with E-state index >= 15 is 0 Å². The van der Waals surface area contributed by atoms with Crippen LogP contribution in [0.4, 0.5) is 0 Å². The highest BCUT2D eigenvalue weighted by atomic mass is 16.5. The fourth-order valence-electron chi connectivity index (χ4n) is 2.88. The Morgan fingerprint density at radius 1 is 1.38 bits per heavy atom. The summed E-state index contributed by atoms with van der Waals surface area (Å²) in [5.41, 5.74) is 1.20. The Hall–Kier alpha value is -1.88. The summed E-state index contributed by atoms with van der Waals surface area (Å²) in [7, 11) is 1.69. The number of aromatic nitrogens is 3. The second-order valence-electron chi connectivity index (χ2n) is 5.83. The van der Waals surface area contributed by atoms with Crippen molar-refractivity contribution < 1.29 is 4.74 Å². The first kappa shape index (κ1) is 14.1. The number of rotatable bonds is 4. The van der Waals surface area contributed by atoms with Gasteiger partial charge in [-0.25, -0.2) is 0 Å². The van der Waals surface area contributed by atoms with Gasteiger partial charge in [0.05, 0.1) is 13.2 Å². The average Bonchev–Trinajstić information content (AvgIpc) is 2.90. The molecule has 1 atom stereocenters. The summed E-state index contributed by atoms with van der Waals surface area (Å²) in [6.45, 7) is 6.33. The number of nitrogens with one attached hydrogen (secondary N) is 1. The van der Waals surface area contributed by atoms with Crippen LogP contribution in [0, 0.1) is 5.92 Å². The van der Waals surface area contributed by atoms with Crippen LogP contribution in [0.2, 0.25) is 0 Å². The highest BCUT2D eigenvalue weighted by Crippen LogP contribution is 2.24. The second kappa shape index (κ2) is 5.85. The topological polar surface area (TPSA) is 52.0 Å². The van der Waals surface area contributed by atoms with Gasteiger partial charge in [-0.1, -0.05) is 26.0 Å². The first-order chi connectivity index (χ1) is 10.2. The van der Waals surface area contributed by atoms with Crippen molar-refractivity contribution in [3.05, 3.63) is 41.5 Å². The Labute approximate surface area is 125 Å². The molecule has 5 nitrogen and oxygen atoms in total. The van der Waals surface area contributed by atoms with Crippen LogP contribution in [-0.4, -0.2) is 28.4 Å². The first-order valence-electron chi connectivity index (χ1n) is 7.47. The average molecular weight is 286 g/mol. The maximum Gasteiger partial charge on any atom is 0.150 e. The molecular formula is C16H22N4O. The van der Waals surface area contributed by atoms with Crippen molar-refractivity contribution in [2.45, 2.75) is 32.9 Å². The Balaban J connectivity index is 1.87. The molecule has 1 aliphatic rings. The molecule has 0 amide bonds. The maximum atomic E-state index is 5.28. The summed E-state index contributed by atoms with van der Waals surface area (Å²) >= 11 is 0. The number of ether oxygens (including phenoxy) is 1. The van der Waals surface area contributed by atoms with Gasteiger partial charge in [-0.15, -0.1) is 10.2 Å². The third-order valence-electron chi connectivity index (χ3n) is 4.00. The zero-order chi connectivity index (χ0) is 14.8. The summed E-state index contributed by atoms with van der Waals surface area (Å²) < 4.78 is 7.55. The predicted octanol–water partition coefficient (Wildman–Crippen LogP) is 2.18. The lowest BCUT2D eigenvalue weighted by Crippen LogP contribution is -2.37. The molecule has 0 bridgehead atoms. The standard InChI is InChI=1S/C16H22N4O/c1-11(2)15-16-19-18-14(20(16)8-7-17-15)10-12-5-4-6-13(9-12)21-3/h4-6,9,11,15,17H,7-8,10H2,1-3H3. The lowest BCUT2D eigenvalue weighted by atomic mass is 10.0. The van der Waals surface area contributed by atoms with E-state index in [2.05, 4.69) is 46.1 Å². The van der Waals surface area contributed by atoms with E-state index in [1.54, 1.807) is 7.11 Å². The molecule has 5 heteroatoms. The molecule has 1 aliphatic heterocycles. The van der Waals surface area contributed by atoms with Gasteiger partial charge in [0.1, 0.15) is 11.6 Å². The molecule has 1 N–H and O–H groups in total. The van der Waals surface area contributed by atoms with E-state index in [9.17, 15) is 0 Å². The molecule has 1 aromatic carbocycles. The third-order valence-corrected chi connectivity index (χ3v) is 4.00. The molecule has 1 unspecified atom stereocenters. The molecule has 0 spiro atoms. The number of nitrogens with zero attached hydrogens (tertiary/aromatic N) is 3. The van der Waals surface area contributed by atoms with Gasteiger partial charge >= 0.3 is 0 Å². The van der Waals surface area contributed by atoms with Gasteiger partial charge in [-0.2, -0.15) is 0 Å². The Morgan fingerprint density at radius 3 is 3.00 bits per heavy atom. The molecule has 2 aromatic rings. The monoisotopic (exact) mass is 286 g/mol. The van der Waals surface area contributed by atoms with Crippen LogP contribution >= 0.6 is 0 Å². The van der Waals surface area contributed by atoms with Gasteiger partial charge < -0.3 is 14.6 Å². The van der Waals surface area contributed by atoms with Gasteiger partial charge in [0.2, 0.25) is 0 Å². The summed E-state index contributed by atoms with van der Waals surface area (Å²) in [5.74, 6) is 3.49. The number of hydrogen-bond donors (Lipinski definition) is 1. The summed E-state index contributed by atoms with van der Waals surface area (Å²) in [5, 5.41) is 12.4. The van der Waals surface area contributed by atoms with Gasteiger partial charge in [-0.3, -0.25) is 0 Å². The summed E-state index contributed by atoms with van der Waals surface area (Å²) in [6, 6.07) is 8.43. The fourth-order valence-corrected chi connectivity index (χ4v) is 2.88. The van der Waals surface area contributed by atoms with E-state index in [4.69, 9.17) is 4.74 Å². The molecule has 0 saturated heterocycles. The largest absolute Gasteiger partial charge is 0.497 e. The first-order valence-corrected chi connectivity index (χ1v) is 7.47. The van der Waals surface area contributed by atoms with E-state index in [0.29, 0.717) is 12.0 Å². The van der Waals surface area contributed by atoms with Crippen molar-refractivity contribution in [2.75, 3.05) is 13.7 Å². The lowest BCUT2D eigenvalue weighted by Gasteiger charge is -2.27. The highest BCUT2D eigenvalue weighted by molar-refractivity contribution is 5.30. The van der Waals surface area contributed by atoms with Crippen LogP contribution in [0.5, 0.6) is 5.75 Å². The van der Waals surface area contributed by atoms with E-state index in [-0.39, 0.29) is 0 Å². The van der Waals surface area contributed by atoms with Crippen LogP contribution in [0.1, 0.15) is 37.1 Å². The van der Waals surface area contributed by atoms with Crippen molar-refractivity contribution in [3.63, 3.8) is 0 Å². The second-order valence-corrected chi connectivity index (χ2v) is 5.83. The zero-order valence-electron chi connectivity index (χ0n) is 12.8. The lowest BCUT2D eigenvalue weighted by molar-refractivity contribution is 0.335. The van der Waals surface area contributed by atoms with Crippen molar-refractivity contribution >= 4 is 0 Å². The van der Waals surface area contributed by atoms with Crippen LogP contribution in [0.3, 0.4) is 0 Å². The Morgan fingerprint density at radius 2 is 2.24 bits per heavy atom. The van der Waals surface area contributed by atoms with Crippen LogP contribution in [-0.2, 0) is 13.0 Å². The normalized spacial score (nSPS) is 17.8. The Kier molecular flexibility index (Phi) is 3.92. The fraction of sp³-hybridized carbons (Fsp3) is 0.500. The van der Waals surface area contributed by atoms with Crippen molar-refractivity contribution in [1.82, 2.24) is 20.1 Å². The minimum Gasteiger partial charge on any atom is -0.497 e. The molecule has 112 valence electrons. The molecule has 0 aliphatic carbocycles. The van der Waals surface area contributed by atoms with Gasteiger partial charge in [0, 0.05) is 19.5 Å². The summed E-state index contributed by atoms with van der Waals surface area (Å²) in [6.07, 6.45) is 0.787. The van der Waals surface area contributed by atoms with Crippen LogP contribution < -0.4 is 10.1 Å². The van der Waals surface area contributed by atoms with E-state index in [1.807, 2.05) is 12.1 Å². The number of benzene rings is 1. The molecule has 0 radical (unpaired) electrons. The smallest absolute Gasteiger partial charge is 0.150 e. The molecular weight excluding hydrogens is 264 g/mol. The highest BCUT2D eigenvalue weighted by Gasteiger charge is 2.26. The molecule has 21 heavy (non-hydrogen) atoms. The minimum atomic E-state index is 0.297. The van der Waals surface area contributed by atoms with Crippen LogP contribution in [0.15, 0.2) is 24.3 Å². The van der Waals surface area contributed by atoms with Crippen LogP contribution in [0.25, 0.3) is 0 Å². The molecule has 0 fully saturated rings. The summed E-state index contributed by atoms with van der Waals surface area (Å²) in [4.78, 5) is 0. The minimum absolute atomic E-state index is 0.297. The zero-order valence-corrected chi connectivity index (χ0v) is 12.8.